The van der Waals surface area contributed by atoms with Crippen molar-refractivity contribution in [1.29, 1.82) is 0 Å². The molecule has 1 unspecified atom stereocenters. The molecule has 0 heterocycles. The minimum absolute atomic E-state index is 0.0169. The van der Waals surface area contributed by atoms with Crippen LogP contribution in [0.1, 0.15) is 33.5 Å². The lowest BCUT2D eigenvalue weighted by Crippen LogP contribution is -2.31. The Morgan fingerprint density at radius 1 is 0.795 bits per heavy atom. The molecule has 230 valence electrons. The van der Waals surface area contributed by atoms with Gasteiger partial charge in [-0.3, -0.25) is 13.9 Å². The van der Waals surface area contributed by atoms with Crippen LogP contribution in [0, 0.1) is 5.92 Å². The van der Waals surface area contributed by atoms with Crippen LogP contribution >= 0.6 is 34.8 Å². The minimum atomic E-state index is -4.80. The molecule has 6 nitrogen and oxygen atoms in total. The quantitative estimate of drug-likeness (QED) is 0.160. The fourth-order valence-corrected chi connectivity index (χ4v) is 6.51. The van der Waals surface area contributed by atoms with Gasteiger partial charge in [-0.2, -0.15) is 13.2 Å². The molecule has 0 radical (unpaired) electrons. The summed E-state index contributed by atoms with van der Waals surface area (Å²) in [4.78, 5) is 24.9. The lowest BCUT2D eigenvalue weighted by atomic mass is 9.92. The number of carboxylic acid groups (broad SMARTS) is 1. The molecule has 0 fully saturated rings. The zero-order valence-electron chi connectivity index (χ0n) is 22.6. The van der Waals surface area contributed by atoms with Crippen LogP contribution in [0.3, 0.4) is 0 Å². The predicted octanol–water partition coefficient (Wildman–Crippen LogP) is 8.58. The first-order chi connectivity index (χ1) is 20.7. The molecule has 0 aliphatic carbocycles. The van der Waals surface area contributed by atoms with Crippen molar-refractivity contribution >= 4 is 62.3 Å². The molecule has 4 aromatic rings. The normalized spacial score (nSPS) is 12.5. The molecule has 0 bridgehead atoms. The lowest BCUT2D eigenvalue weighted by molar-refractivity contribution is -0.141. The number of anilines is 1. The van der Waals surface area contributed by atoms with Crippen molar-refractivity contribution in [1.82, 2.24) is 0 Å². The molecule has 0 aliphatic heterocycles. The minimum Gasteiger partial charge on any atom is -0.481 e. The van der Waals surface area contributed by atoms with Crippen molar-refractivity contribution in [2.75, 3.05) is 4.31 Å². The number of hydrogen-bond donors (Lipinski definition) is 1. The van der Waals surface area contributed by atoms with Gasteiger partial charge in [0.15, 0.2) is 5.78 Å². The van der Waals surface area contributed by atoms with Crippen LogP contribution in [0.15, 0.2) is 95.9 Å². The van der Waals surface area contributed by atoms with E-state index in [9.17, 15) is 36.3 Å². The number of nitrogens with zero attached hydrogens (tertiary/aromatic N) is 1. The number of sulfonamides is 1. The van der Waals surface area contributed by atoms with Crippen LogP contribution in [-0.2, 0) is 34.0 Å². The fraction of sp³-hybridized carbons (Fsp3) is 0.161. The molecule has 0 amide bonds. The molecule has 0 aliphatic rings. The van der Waals surface area contributed by atoms with Crippen molar-refractivity contribution in [2.24, 2.45) is 5.92 Å². The molecule has 4 aromatic carbocycles. The summed E-state index contributed by atoms with van der Waals surface area (Å²) in [6.07, 6.45) is -5.08. The van der Waals surface area contributed by atoms with Gasteiger partial charge in [-0.15, -0.1) is 0 Å². The van der Waals surface area contributed by atoms with Gasteiger partial charge in [-0.25, -0.2) is 8.42 Å². The summed E-state index contributed by atoms with van der Waals surface area (Å²) in [5, 5.41) is 9.22. The van der Waals surface area contributed by atoms with Gasteiger partial charge < -0.3 is 5.11 Å². The third kappa shape index (κ3) is 7.92. The number of alkyl halides is 3. The molecule has 0 aromatic heterocycles. The van der Waals surface area contributed by atoms with E-state index in [-0.39, 0.29) is 44.6 Å². The third-order valence-corrected chi connectivity index (χ3v) is 9.54. The van der Waals surface area contributed by atoms with Gasteiger partial charge in [-0.1, -0.05) is 83.3 Å². The van der Waals surface area contributed by atoms with Gasteiger partial charge in [0.25, 0.3) is 10.0 Å². The molecular weight excluding hydrogens is 662 g/mol. The van der Waals surface area contributed by atoms with Crippen LogP contribution in [0.25, 0.3) is 0 Å². The zero-order valence-corrected chi connectivity index (χ0v) is 25.6. The highest BCUT2D eigenvalue weighted by molar-refractivity contribution is 7.92. The monoisotopic (exact) mass is 683 g/mol. The van der Waals surface area contributed by atoms with Crippen molar-refractivity contribution in [3.63, 3.8) is 0 Å². The second kappa shape index (κ2) is 13.6. The lowest BCUT2D eigenvalue weighted by Gasteiger charge is -2.26. The molecule has 4 rings (SSSR count). The van der Waals surface area contributed by atoms with Crippen LogP contribution in [0.5, 0.6) is 0 Å². The number of benzene rings is 4. The van der Waals surface area contributed by atoms with Gasteiger partial charge in [0.05, 0.1) is 43.7 Å². The Morgan fingerprint density at radius 3 is 2.11 bits per heavy atom. The van der Waals surface area contributed by atoms with E-state index >= 15 is 0 Å². The van der Waals surface area contributed by atoms with Crippen molar-refractivity contribution in [3.8, 4) is 0 Å². The molecule has 13 heteroatoms. The number of hydrogen-bond acceptors (Lipinski definition) is 4. The topological polar surface area (TPSA) is 91.8 Å². The fourth-order valence-electron chi connectivity index (χ4n) is 4.45. The molecule has 1 atom stereocenters. The summed E-state index contributed by atoms with van der Waals surface area (Å²) >= 11 is 17.8. The highest BCUT2D eigenvalue weighted by Gasteiger charge is 2.34. The van der Waals surface area contributed by atoms with Gasteiger partial charge in [0.2, 0.25) is 0 Å². The molecule has 1 N–H and O–H groups in total. The Labute approximate surface area is 266 Å². The second-order valence-corrected chi connectivity index (χ2v) is 12.9. The van der Waals surface area contributed by atoms with E-state index in [1.54, 1.807) is 30.3 Å². The number of carboxylic acids is 1. The Kier molecular flexibility index (Phi) is 10.3. The first-order valence-electron chi connectivity index (χ1n) is 12.9. The summed E-state index contributed by atoms with van der Waals surface area (Å²) in [5.41, 5.74) is -0.508. The van der Waals surface area contributed by atoms with Crippen molar-refractivity contribution in [3.05, 3.63) is 128 Å². The first kappa shape index (κ1) is 33.3. The molecule has 0 spiro atoms. The average molecular weight is 685 g/mol. The Morgan fingerprint density at radius 2 is 1.48 bits per heavy atom. The molecule has 44 heavy (non-hydrogen) atoms. The van der Waals surface area contributed by atoms with Gasteiger partial charge in [-0.05, 0) is 60.0 Å². The zero-order chi connectivity index (χ0) is 32.2. The number of carbonyl (C=O) groups is 2. The van der Waals surface area contributed by atoms with Gasteiger partial charge >= 0.3 is 12.1 Å². The Bertz CT molecular complexity index is 1800. The van der Waals surface area contributed by atoms with E-state index in [2.05, 4.69) is 0 Å². The standard InChI is InChI=1S/C31H23Cl3F3NO5S/c32-26-11-9-20(14-25(26)31(35,36)37)18-38(44(42,43)24-10-12-27(33)28(34)17-24)23-8-4-7-21(15-23)29(39)16-22(30(40)41)13-19-5-2-1-3-6-19/h1-12,14-15,17,22H,13,16,18H2,(H,40,41). The van der Waals surface area contributed by atoms with Crippen molar-refractivity contribution in [2.45, 2.75) is 30.5 Å². The van der Waals surface area contributed by atoms with Crippen LogP contribution < -0.4 is 4.31 Å². The number of halogens is 6. The molecule has 0 saturated heterocycles. The molecular formula is C31H23Cl3F3NO5S. The summed E-state index contributed by atoms with van der Waals surface area (Å²) < 4.78 is 69.4. The van der Waals surface area contributed by atoms with Crippen LogP contribution in [-0.4, -0.2) is 25.3 Å². The van der Waals surface area contributed by atoms with Crippen molar-refractivity contribution < 1.29 is 36.3 Å². The predicted molar refractivity (Wildman–Crippen MR) is 163 cm³/mol. The summed E-state index contributed by atoms with van der Waals surface area (Å²) in [6.45, 7) is -0.577. The largest absolute Gasteiger partial charge is 0.481 e. The van der Waals surface area contributed by atoms with E-state index in [1.165, 1.54) is 42.5 Å². The van der Waals surface area contributed by atoms with E-state index < -0.39 is 51.0 Å². The highest BCUT2D eigenvalue weighted by atomic mass is 35.5. The van der Waals surface area contributed by atoms with Gasteiger partial charge in [0, 0.05) is 12.0 Å². The number of Topliss-reactive ketones (excluding diaryl/α,β-unsaturated/α-hetero) is 1. The van der Waals surface area contributed by atoms with E-state index in [4.69, 9.17) is 34.8 Å². The maximum Gasteiger partial charge on any atom is 0.417 e. The maximum atomic E-state index is 13.9. The maximum absolute atomic E-state index is 13.9. The average Bonchev–Trinajstić information content (AvgIpc) is 2.97. The number of rotatable bonds is 11. The van der Waals surface area contributed by atoms with E-state index in [1.807, 2.05) is 0 Å². The number of aliphatic carboxylic acids is 1. The van der Waals surface area contributed by atoms with Crippen LogP contribution in [0.2, 0.25) is 15.1 Å². The van der Waals surface area contributed by atoms with Crippen LogP contribution in [0.4, 0.5) is 18.9 Å². The van der Waals surface area contributed by atoms with Gasteiger partial charge in [0.1, 0.15) is 0 Å². The third-order valence-electron chi connectivity index (χ3n) is 6.70. The first-order valence-corrected chi connectivity index (χ1v) is 15.5. The van der Waals surface area contributed by atoms with E-state index in [0.29, 0.717) is 0 Å². The van der Waals surface area contributed by atoms with E-state index in [0.717, 1.165) is 28.1 Å². The number of carbonyl (C=O) groups excluding carboxylic acids is 1. The summed E-state index contributed by atoms with van der Waals surface area (Å²) in [5.74, 6) is -2.79. The molecule has 0 saturated carbocycles. The Balaban J connectivity index is 1.74. The second-order valence-electron chi connectivity index (χ2n) is 9.80. The number of ketones is 1. The SMILES string of the molecule is O=C(CC(Cc1ccccc1)C(=O)O)c1cccc(N(Cc2ccc(Cl)c(C(F)(F)F)c2)S(=O)(=O)c2ccc(Cl)c(Cl)c2)c1. The Hall–Kier alpha value is -3.57. The summed E-state index contributed by atoms with van der Waals surface area (Å²) in [6, 6.07) is 20.8. The summed E-state index contributed by atoms with van der Waals surface area (Å²) in [7, 11) is -4.50. The smallest absolute Gasteiger partial charge is 0.417 e. The highest BCUT2D eigenvalue weighted by Crippen LogP contribution is 2.37.